The lowest BCUT2D eigenvalue weighted by atomic mass is 9.98. The van der Waals surface area contributed by atoms with Gasteiger partial charge in [-0.15, -0.1) is 0 Å². The van der Waals surface area contributed by atoms with E-state index >= 15 is 0 Å². The van der Waals surface area contributed by atoms with E-state index in [-0.39, 0.29) is 55.7 Å². The number of nitrogens with one attached hydrogen (secondary N) is 3. The maximum atomic E-state index is 13.9. The van der Waals surface area contributed by atoms with E-state index in [0.717, 1.165) is 27.8 Å². The van der Waals surface area contributed by atoms with Crippen LogP contribution in [0.5, 0.6) is 0 Å². The highest BCUT2D eigenvalue weighted by Crippen LogP contribution is 2.44. The van der Waals surface area contributed by atoms with Gasteiger partial charge in [-0.25, -0.2) is 22.7 Å². The van der Waals surface area contributed by atoms with E-state index in [2.05, 4.69) is 20.3 Å². The monoisotopic (exact) mass is 824 g/mol. The van der Waals surface area contributed by atoms with Crippen LogP contribution in [-0.4, -0.2) is 97.3 Å². The molecular weight excluding hydrogens is 777 g/mol. The third kappa shape index (κ3) is 10.4. The number of aliphatic hydroxyl groups excluding tert-OH is 1. The highest BCUT2D eigenvalue weighted by atomic mass is 32.2. The van der Waals surface area contributed by atoms with Crippen LogP contribution in [0.15, 0.2) is 113 Å². The molecule has 16 heteroatoms. The molecule has 0 radical (unpaired) electrons. The van der Waals surface area contributed by atoms with Crippen LogP contribution < -0.4 is 21.1 Å². The molecule has 4 aromatic carbocycles. The van der Waals surface area contributed by atoms with Gasteiger partial charge in [0.25, 0.3) is 15.9 Å². The third-order valence-electron chi connectivity index (χ3n) is 10.5. The zero-order valence-corrected chi connectivity index (χ0v) is 33.3. The van der Waals surface area contributed by atoms with Crippen LogP contribution in [-0.2, 0) is 35.6 Å². The lowest BCUT2D eigenvalue weighted by Gasteiger charge is -2.29. The van der Waals surface area contributed by atoms with Gasteiger partial charge in [-0.2, -0.15) is 0 Å². The number of guanidine groups is 1. The van der Waals surface area contributed by atoms with Crippen molar-refractivity contribution >= 4 is 39.9 Å². The summed E-state index contributed by atoms with van der Waals surface area (Å²) in [5.41, 5.74) is 11.6. The average Bonchev–Trinajstić information content (AvgIpc) is 3.85. The molecule has 4 aromatic rings. The number of aliphatic hydroxyl groups is 1. The maximum Gasteiger partial charge on any atom is 0.410 e. The highest BCUT2D eigenvalue weighted by molar-refractivity contribution is 7.90. The zero-order chi connectivity index (χ0) is 42.1. The molecule has 6 rings (SSSR count). The van der Waals surface area contributed by atoms with E-state index in [1.807, 2.05) is 55.5 Å². The van der Waals surface area contributed by atoms with Crippen molar-refractivity contribution in [1.29, 1.82) is 0 Å². The number of hydrogen-bond acceptors (Lipinski definition) is 9. The number of rotatable bonds is 16. The van der Waals surface area contributed by atoms with Gasteiger partial charge < -0.3 is 31.3 Å². The number of ether oxygens (including phenoxy) is 1. The predicted molar refractivity (Wildman–Crippen MR) is 220 cm³/mol. The first-order valence-electron chi connectivity index (χ1n) is 19.4. The largest absolute Gasteiger partial charge is 0.480 e. The summed E-state index contributed by atoms with van der Waals surface area (Å²) in [6.07, 6.45) is -1.81. The van der Waals surface area contributed by atoms with E-state index < -0.39 is 58.1 Å². The number of aliphatic carboxylic acids is 1. The van der Waals surface area contributed by atoms with Crippen molar-refractivity contribution in [3.63, 3.8) is 0 Å². The van der Waals surface area contributed by atoms with Gasteiger partial charge in [0, 0.05) is 25.4 Å². The molecule has 3 amide bonds. The number of carboxylic acid groups (broad SMARTS) is 1. The summed E-state index contributed by atoms with van der Waals surface area (Å²) in [6.45, 7) is 2.05. The minimum absolute atomic E-state index is 0.0101. The second kappa shape index (κ2) is 19.0. The number of carbonyl (C=O) groups is 4. The molecule has 7 N–H and O–H groups in total. The van der Waals surface area contributed by atoms with Crippen molar-refractivity contribution in [3.8, 4) is 11.1 Å². The lowest BCUT2D eigenvalue weighted by Crippen LogP contribution is -2.57. The van der Waals surface area contributed by atoms with Gasteiger partial charge in [-0.3, -0.25) is 19.5 Å². The van der Waals surface area contributed by atoms with Crippen molar-refractivity contribution in [2.75, 3.05) is 19.7 Å². The van der Waals surface area contributed by atoms with Crippen LogP contribution in [0.25, 0.3) is 11.1 Å². The predicted octanol–water partition coefficient (Wildman–Crippen LogP) is 3.44. The minimum Gasteiger partial charge on any atom is -0.480 e. The summed E-state index contributed by atoms with van der Waals surface area (Å²) < 4.78 is 33.6. The van der Waals surface area contributed by atoms with Crippen molar-refractivity contribution in [2.45, 2.75) is 74.1 Å². The van der Waals surface area contributed by atoms with Gasteiger partial charge >= 0.3 is 12.1 Å². The molecule has 2 aliphatic rings. The molecule has 0 spiro atoms. The smallest absolute Gasteiger partial charge is 0.410 e. The van der Waals surface area contributed by atoms with Gasteiger partial charge in [0.05, 0.1) is 10.9 Å². The molecule has 1 heterocycles. The van der Waals surface area contributed by atoms with Crippen LogP contribution in [0.2, 0.25) is 0 Å². The number of benzene rings is 4. The number of aryl methyl sites for hydroxylation is 1. The van der Waals surface area contributed by atoms with Gasteiger partial charge in [-0.1, -0.05) is 96.6 Å². The Hall–Kier alpha value is -6.26. The van der Waals surface area contributed by atoms with Crippen LogP contribution in [0.1, 0.15) is 53.9 Å². The van der Waals surface area contributed by atoms with Crippen LogP contribution in [0, 0.1) is 6.92 Å². The van der Waals surface area contributed by atoms with E-state index in [9.17, 15) is 37.8 Å². The Morgan fingerprint density at radius 3 is 2.17 bits per heavy atom. The Labute approximate surface area is 342 Å². The summed E-state index contributed by atoms with van der Waals surface area (Å²) in [5, 5.41) is 26.3. The molecule has 1 saturated heterocycles. The number of sulfonamides is 1. The molecule has 15 nitrogen and oxygen atoms in total. The van der Waals surface area contributed by atoms with E-state index in [4.69, 9.17) is 10.5 Å². The number of hydrogen-bond donors (Lipinski definition) is 6. The second-order valence-corrected chi connectivity index (χ2v) is 16.3. The Balaban J connectivity index is 1.12. The first-order chi connectivity index (χ1) is 28.3. The van der Waals surface area contributed by atoms with Gasteiger partial charge in [0.1, 0.15) is 18.7 Å². The van der Waals surface area contributed by atoms with Crippen LogP contribution in [0.3, 0.4) is 0 Å². The molecule has 1 aliphatic carbocycles. The fourth-order valence-electron chi connectivity index (χ4n) is 7.47. The van der Waals surface area contributed by atoms with E-state index in [0.29, 0.717) is 18.4 Å². The van der Waals surface area contributed by atoms with Crippen LogP contribution in [0.4, 0.5) is 4.79 Å². The number of carbonyl (C=O) groups excluding carboxylic acids is 3. The third-order valence-corrected chi connectivity index (χ3v) is 11.9. The topological polar surface area (TPSA) is 230 Å². The number of fused-ring (bicyclic) bond motifs is 3. The quantitative estimate of drug-likeness (QED) is 0.0548. The number of nitrogens with two attached hydrogens (primary N) is 1. The van der Waals surface area contributed by atoms with E-state index in [1.165, 1.54) is 17.0 Å². The molecular formula is C43H48N6O9S. The minimum atomic E-state index is -4.02. The Morgan fingerprint density at radius 2 is 1.53 bits per heavy atom. The molecule has 1 fully saturated rings. The maximum absolute atomic E-state index is 13.9. The zero-order valence-electron chi connectivity index (χ0n) is 32.5. The first kappa shape index (κ1) is 42.3. The number of carboxylic acids is 1. The number of likely N-dealkylation sites (tertiary alicyclic amines) is 1. The summed E-state index contributed by atoms with van der Waals surface area (Å²) >= 11 is 0. The fraction of sp³-hybridized carbons (Fsp3) is 0.326. The number of nitrogens with zero attached hydrogens (tertiary/aromatic N) is 2. The SMILES string of the molecule is Cc1ccc(S(=O)(=O)NC(N)=NCCC[C@H](NC(=O)[C@@H]2CCCN2C(=O)OCC2c3ccccc3-c3ccccc32)C(O)C(=O)N[C@H](Cc2ccccc2)C(=O)O)cc1. The molecule has 4 atom stereocenters. The standard InChI is InChI=1S/C43H48N6O9S/c1-27-19-21-29(22-20-27)59(56,57)48-42(44)45-23-9-17-35(38(50)40(52)47-36(41(53)54)25-28-11-3-2-4-12-28)46-39(51)37-18-10-24-49(37)43(55)58-26-34-32-15-7-5-13-30(32)31-14-6-8-16-33(31)34/h2-8,11-16,19-22,34-38,50H,9-10,17-18,23-26H2,1H3,(H,46,51)(H,47,52)(H,53,54)(H3,44,45,48)/t35-,36+,37-,38?/m0/s1. The first-order valence-corrected chi connectivity index (χ1v) is 20.9. The Morgan fingerprint density at radius 1 is 0.898 bits per heavy atom. The summed E-state index contributed by atoms with van der Waals surface area (Å²) in [7, 11) is -4.02. The van der Waals surface area contributed by atoms with Gasteiger partial charge in [0.2, 0.25) is 11.9 Å². The number of aliphatic imine (C=N–C) groups is 1. The molecule has 59 heavy (non-hydrogen) atoms. The van der Waals surface area contributed by atoms with Gasteiger partial charge in [-0.05, 0) is 72.6 Å². The van der Waals surface area contributed by atoms with Gasteiger partial charge in [0.15, 0.2) is 6.10 Å². The average molecular weight is 825 g/mol. The van der Waals surface area contributed by atoms with Crippen molar-refractivity contribution < 1.29 is 42.5 Å². The van der Waals surface area contributed by atoms with Crippen LogP contribution >= 0.6 is 0 Å². The fourth-order valence-corrected chi connectivity index (χ4v) is 8.42. The molecule has 310 valence electrons. The van der Waals surface area contributed by atoms with Crippen molar-refractivity contribution in [2.24, 2.45) is 10.7 Å². The summed E-state index contributed by atoms with van der Waals surface area (Å²) in [5.74, 6) is -3.57. The lowest BCUT2D eigenvalue weighted by molar-refractivity contribution is -0.144. The second-order valence-electron chi connectivity index (χ2n) is 14.6. The van der Waals surface area contributed by atoms with Crippen molar-refractivity contribution in [3.05, 3.63) is 125 Å². The summed E-state index contributed by atoms with van der Waals surface area (Å²) in [4.78, 5) is 58.4. The molecule has 0 saturated carbocycles. The Bertz CT molecular complexity index is 2240. The molecule has 0 aromatic heterocycles. The number of amides is 3. The molecule has 1 aliphatic heterocycles. The molecule has 1 unspecified atom stereocenters. The Kier molecular flexibility index (Phi) is 13.6. The summed E-state index contributed by atoms with van der Waals surface area (Å²) in [6, 6.07) is 27.0. The normalized spacial score (nSPS) is 16.6. The highest BCUT2D eigenvalue weighted by Gasteiger charge is 2.39. The van der Waals surface area contributed by atoms with Crippen molar-refractivity contribution in [1.82, 2.24) is 20.3 Å². The van der Waals surface area contributed by atoms with E-state index in [1.54, 1.807) is 42.5 Å². The molecule has 0 bridgehead atoms.